The number of sulfonamides is 1. The molecule has 1 heterocycles. The van der Waals surface area contributed by atoms with Crippen LogP contribution >= 0.6 is 15.9 Å². The number of rotatable bonds is 2. The molecule has 1 aliphatic heterocycles. The van der Waals surface area contributed by atoms with Crippen molar-refractivity contribution in [2.75, 3.05) is 16.6 Å². The zero-order chi connectivity index (χ0) is 16.5. The van der Waals surface area contributed by atoms with E-state index in [0.717, 1.165) is 6.42 Å². The third kappa shape index (κ3) is 4.23. The summed E-state index contributed by atoms with van der Waals surface area (Å²) in [6.07, 6.45) is 1.49. The largest absolute Gasteiger partial charge is 0.456 e. The first kappa shape index (κ1) is 17.3. The minimum atomic E-state index is -3.31. The molecule has 5 nitrogen and oxygen atoms in total. The van der Waals surface area contributed by atoms with Crippen molar-refractivity contribution in [2.24, 2.45) is 0 Å². The van der Waals surface area contributed by atoms with Crippen molar-refractivity contribution < 1.29 is 17.9 Å². The second-order valence-electron chi connectivity index (χ2n) is 6.30. The average Bonchev–Trinajstić information content (AvgIpc) is 2.35. The lowest BCUT2D eigenvalue weighted by atomic mass is 10.1. The highest BCUT2D eigenvalue weighted by molar-refractivity contribution is 9.10. The highest BCUT2D eigenvalue weighted by Crippen LogP contribution is 2.28. The van der Waals surface area contributed by atoms with Crippen LogP contribution in [0, 0.1) is 0 Å². The molecule has 1 aromatic rings. The van der Waals surface area contributed by atoms with Crippen LogP contribution in [0.5, 0.6) is 0 Å². The molecule has 0 N–H and O–H groups in total. The third-order valence-electron chi connectivity index (χ3n) is 3.15. The van der Waals surface area contributed by atoms with Crippen LogP contribution in [-0.2, 0) is 14.8 Å². The minimum Gasteiger partial charge on any atom is -0.456 e. The molecule has 0 radical (unpaired) electrons. The van der Waals surface area contributed by atoms with Crippen molar-refractivity contribution in [3.05, 3.63) is 28.2 Å². The van der Waals surface area contributed by atoms with E-state index in [4.69, 9.17) is 4.74 Å². The second kappa shape index (κ2) is 6.20. The normalized spacial score (nSPS) is 18.1. The van der Waals surface area contributed by atoms with Gasteiger partial charge in [-0.15, -0.1) is 0 Å². The summed E-state index contributed by atoms with van der Waals surface area (Å²) in [7, 11) is -3.31. The van der Waals surface area contributed by atoms with Gasteiger partial charge in [0.15, 0.2) is 0 Å². The molecule has 1 aliphatic rings. The topological polar surface area (TPSA) is 63.7 Å². The first-order valence-electron chi connectivity index (χ1n) is 7.13. The van der Waals surface area contributed by atoms with Gasteiger partial charge in [-0.2, -0.15) is 0 Å². The number of halogens is 1. The molecule has 122 valence electrons. The van der Waals surface area contributed by atoms with Crippen molar-refractivity contribution in [1.82, 2.24) is 0 Å². The molecule has 0 aromatic heterocycles. The molecule has 0 spiro atoms. The number of carbonyl (C=O) groups excluding carboxylic acids is 1. The Morgan fingerprint density at radius 1 is 1.23 bits per heavy atom. The van der Waals surface area contributed by atoms with Crippen LogP contribution in [0.3, 0.4) is 0 Å². The van der Waals surface area contributed by atoms with E-state index in [9.17, 15) is 13.2 Å². The molecule has 0 amide bonds. The van der Waals surface area contributed by atoms with Gasteiger partial charge in [-0.1, -0.05) is 15.9 Å². The van der Waals surface area contributed by atoms with Gasteiger partial charge in [0, 0.05) is 11.0 Å². The van der Waals surface area contributed by atoms with Gasteiger partial charge in [-0.25, -0.2) is 13.2 Å². The van der Waals surface area contributed by atoms with Crippen molar-refractivity contribution in [3.63, 3.8) is 0 Å². The summed E-state index contributed by atoms with van der Waals surface area (Å²) < 4.78 is 31.8. The molecular weight excluding hydrogens is 370 g/mol. The Morgan fingerprint density at radius 2 is 1.91 bits per heavy atom. The molecule has 22 heavy (non-hydrogen) atoms. The summed E-state index contributed by atoms with van der Waals surface area (Å²) in [5, 5.41) is 0. The van der Waals surface area contributed by atoms with Gasteiger partial charge in [-0.05, 0) is 51.8 Å². The van der Waals surface area contributed by atoms with Crippen molar-refractivity contribution in [3.8, 4) is 0 Å². The highest BCUT2D eigenvalue weighted by atomic mass is 79.9. The number of carbonyl (C=O) groups is 1. The Balaban J connectivity index is 2.37. The average molecular weight is 390 g/mol. The fourth-order valence-corrected chi connectivity index (χ4v) is 4.36. The molecular formula is C15H20BrNO4S. The molecule has 0 saturated carbocycles. The Labute approximate surface area is 139 Å². The monoisotopic (exact) mass is 389 g/mol. The van der Waals surface area contributed by atoms with Crippen molar-refractivity contribution >= 4 is 37.6 Å². The molecule has 1 saturated heterocycles. The number of benzene rings is 1. The van der Waals surface area contributed by atoms with E-state index in [2.05, 4.69) is 15.9 Å². The summed E-state index contributed by atoms with van der Waals surface area (Å²) >= 11 is 3.34. The predicted octanol–water partition coefficient (Wildman–Crippen LogP) is 3.33. The van der Waals surface area contributed by atoms with Gasteiger partial charge < -0.3 is 4.74 Å². The molecule has 0 bridgehead atoms. The van der Waals surface area contributed by atoms with E-state index in [0.29, 0.717) is 28.7 Å². The molecule has 0 unspecified atom stereocenters. The maximum absolute atomic E-state index is 12.2. The zero-order valence-electron chi connectivity index (χ0n) is 12.9. The summed E-state index contributed by atoms with van der Waals surface area (Å²) in [5.74, 6) is -0.328. The first-order chi connectivity index (χ1) is 10.1. The molecule has 1 fully saturated rings. The van der Waals surface area contributed by atoms with Crippen LogP contribution in [0.4, 0.5) is 5.69 Å². The van der Waals surface area contributed by atoms with Crippen LogP contribution in [0.15, 0.2) is 22.7 Å². The van der Waals surface area contributed by atoms with Gasteiger partial charge in [-0.3, -0.25) is 4.31 Å². The maximum atomic E-state index is 12.2. The Hall–Kier alpha value is -1.08. The smallest absolute Gasteiger partial charge is 0.338 e. The van der Waals surface area contributed by atoms with Crippen molar-refractivity contribution in [2.45, 2.75) is 39.2 Å². The molecule has 0 aliphatic carbocycles. The quantitative estimate of drug-likeness (QED) is 0.727. The number of anilines is 1. The Morgan fingerprint density at radius 3 is 2.50 bits per heavy atom. The fourth-order valence-electron chi connectivity index (χ4n) is 2.25. The minimum absolute atomic E-state index is 0.140. The van der Waals surface area contributed by atoms with Gasteiger partial charge in [0.25, 0.3) is 0 Å². The molecule has 7 heteroatoms. The lowest BCUT2D eigenvalue weighted by Crippen LogP contribution is -2.38. The van der Waals surface area contributed by atoms with Gasteiger partial charge in [0.1, 0.15) is 5.60 Å². The number of nitrogens with zero attached hydrogens (tertiary/aromatic N) is 1. The molecule has 2 rings (SSSR count). The predicted molar refractivity (Wildman–Crippen MR) is 89.7 cm³/mol. The van der Waals surface area contributed by atoms with Gasteiger partial charge in [0.2, 0.25) is 10.0 Å². The van der Waals surface area contributed by atoms with Crippen molar-refractivity contribution in [1.29, 1.82) is 0 Å². The van der Waals surface area contributed by atoms with E-state index in [1.807, 2.05) is 0 Å². The van der Waals surface area contributed by atoms with Crippen LogP contribution in [0.1, 0.15) is 44.0 Å². The van der Waals surface area contributed by atoms with Crippen LogP contribution in [0.25, 0.3) is 0 Å². The summed E-state index contributed by atoms with van der Waals surface area (Å²) in [6.45, 7) is 5.81. The standard InChI is InChI=1S/C15H20BrNO4S/c1-15(2,3)21-14(18)11-8-12(16)10-13(9-11)17-6-4-5-7-22(17,19)20/h8-10H,4-7H2,1-3H3. The van der Waals surface area contributed by atoms with Crippen LogP contribution < -0.4 is 4.31 Å². The fraction of sp³-hybridized carbons (Fsp3) is 0.533. The second-order valence-corrected chi connectivity index (χ2v) is 9.22. The van der Waals surface area contributed by atoms with E-state index < -0.39 is 21.6 Å². The molecule has 1 aromatic carbocycles. The van der Waals surface area contributed by atoms with E-state index >= 15 is 0 Å². The Kier molecular flexibility index (Phi) is 4.87. The lowest BCUT2D eigenvalue weighted by molar-refractivity contribution is 0.00694. The third-order valence-corrected chi connectivity index (χ3v) is 5.48. The van der Waals surface area contributed by atoms with Crippen LogP contribution in [0.2, 0.25) is 0 Å². The summed E-state index contributed by atoms with van der Waals surface area (Å²) in [6, 6.07) is 4.91. The lowest BCUT2D eigenvalue weighted by Gasteiger charge is -2.29. The highest BCUT2D eigenvalue weighted by Gasteiger charge is 2.27. The molecule has 0 atom stereocenters. The number of hydrogen-bond donors (Lipinski definition) is 0. The maximum Gasteiger partial charge on any atom is 0.338 e. The summed E-state index contributed by atoms with van der Waals surface area (Å²) in [4.78, 5) is 12.2. The first-order valence-corrected chi connectivity index (χ1v) is 9.53. The SMILES string of the molecule is CC(C)(C)OC(=O)c1cc(Br)cc(N2CCCCS2(=O)=O)c1. The van der Waals surface area contributed by atoms with Gasteiger partial charge >= 0.3 is 5.97 Å². The van der Waals surface area contributed by atoms with Gasteiger partial charge in [0.05, 0.1) is 17.0 Å². The van der Waals surface area contributed by atoms with E-state index in [1.54, 1.807) is 39.0 Å². The summed E-state index contributed by atoms with van der Waals surface area (Å²) in [5.41, 5.74) is 0.228. The Bertz CT molecular complexity index is 679. The zero-order valence-corrected chi connectivity index (χ0v) is 15.3. The number of esters is 1. The van der Waals surface area contributed by atoms with Crippen LogP contribution in [-0.4, -0.2) is 32.3 Å². The number of ether oxygens (including phenoxy) is 1. The van der Waals surface area contributed by atoms with E-state index in [-0.39, 0.29) is 5.75 Å². The number of hydrogen-bond acceptors (Lipinski definition) is 4. The van der Waals surface area contributed by atoms with E-state index in [1.165, 1.54) is 4.31 Å².